The molecule has 0 unspecified atom stereocenters. The van der Waals surface area contributed by atoms with Crippen molar-refractivity contribution in [1.82, 2.24) is 0 Å². The molecular formula is C17H30O5. The molecule has 22 heavy (non-hydrogen) atoms. The lowest BCUT2D eigenvalue weighted by molar-refractivity contribution is -0.139. The van der Waals surface area contributed by atoms with Gasteiger partial charge in [0.15, 0.2) is 0 Å². The minimum absolute atomic E-state index is 0.178. The van der Waals surface area contributed by atoms with E-state index in [9.17, 15) is 20.1 Å². The van der Waals surface area contributed by atoms with E-state index in [2.05, 4.69) is 6.92 Å². The van der Waals surface area contributed by atoms with Crippen LogP contribution in [0.4, 0.5) is 0 Å². The van der Waals surface area contributed by atoms with Gasteiger partial charge in [-0.25, -0.2) is 0 Å². The van der Waals surface area contributed by atoms with Gasteiger partial charge in [-0.1, -0.05) is 45.8 Å². The number of carboxylic acid groups (broad SMARTS) is 1. The molecular weight excluding hydrogens is 284 g/mol. The maximum atomic E-state index is 10.9. The summed E-state index contributed by atoms with van der Waals surface area (Å²) < 4.78 is 0. The van der Waals surface area contributed by atoms with Gasteiger partial charge in [0.1, 0.15) is 0 Å². The summed E-state index contributed by atoms with van der Waals surface area (Å²) in [5, 5.41) is 39.2. The first kappa shape index (κ1) is 19.1. The summed E-state index contributed by atoms with van der Waals surface area (Å²) in [6.07, 6.45) is 4.10. The fraction of sp³-hybridized carbons (Fsp3) is 0.824. The van der Waals surface area contributed by atoms with Crippen molar-refractivity contribution in [1.29, 1.82) is 0 Å². The second kappa shape index (κ2) is 8.09. The molecule has 128 valence electrons. The van der Waals surface area contributed by atoms with E-state index in [4.69, 9.17) is 5.11 Å². The molecule has 0 aromatic carbocycles. The molecule has 5 heteroatoms. The first-order valence-electron chi connectivity index (χ1n) is 8.13. The molecule has 1 aliphatic rings. The van der Waals surface area contributed by atoms with E-state index in [1.165, 1.54) is 0 Å². The fourth-order valence-corrected chi connectivity index (χ4v) is 3.14. The normalized spacial score (nSPS) is 30.8. The summed E-state index contributed by atoms with van der Waals surface area (Å²) in [7, 11) is 0. The maximum absolute atomic E-state index is 10.9. The molecule has 0 bridgehead atoms. The predicted molar refractivity (Wildman–Crippen MR) is 84.3 cm³/mol. The van der Waals surface area contributed by atoms with Crippen molar-refractivity contribution >= 4 is 5.97 Å². The monoisotopic (exact) mass is 314 g/mol. The van der Waals surface area contributed by atoms with Crippen LogP contribution in [0.25, 0.3) is 0 Å². The van der Waals surface area contributed by atoms with Crippen LogP contribution in [-0.4, -0.2) is 44.7 Å². The average molecular weight is 314 g/mol. The van der Waals surface area contributed by atoms with Gasteiger partial charge in [0.2, 0.25) is 0 Å². The van der Waals surface area contributed by atoms with Crippen LogP contribution < -0.4 is 0 Å². The zero-order valence-corrected chi connectivity index (χ0v) is 13.8. The zero-order chi connectivity index (χ0) is 16.9. The Morgan fingerprint density at radius 1 is 1.32 bits per heavy atom. The first-order valence-corrected chi connectivity index (χ1v) is 8.13. The molecule has 1 aliphatic carbocycles. The molecule has 1 fully saturated rings. The van der Waals surface area contributed by atoms with Gasteiger partial charge in [-0.15, -0.1) is 0 Å². The Balaban J connectivity index is 2.74. The number of unbranched alkanes of at least 4 members (excludes halogenated alkanes) is 1. The third-order valence-electron chi connectivity index (χ3n) is 4.82. The Hall–Kier alpha value is -0.910. The number of rotatable bonds is 8. The third kappa shape index (κ3) is 5.07. The van der Waals surface area contributed by atoms with E-state index >= 15 is 0 Å². The largest absolute Gasteiger partial charge is 0.481 e. The van der Waals surface area contributed by atoms with Gasteiger partial charge in [0, 0.05) is 18.3 Å². The zero-order valence-electron chi connectivity index (χ0n) is 13.8. The van der Waals surface area contributed by atoms with Crippen LogP contribution in [0.3, 0.4) is 0 Å². The molecule has 0 heterocycles. The highest BCUT2D eigenvalue weighted by Gasteiger charge is 2.41. The molecule has 0 aromatic rings. The molecule has 0 spiro atoms. The Bertz CT molecular complexity index is 391. The third-order valence-corrected chi connectivity index (χ3v) is 4.82. The standard InChI is InChI=1S/C17H30O5/c1-4-5-8-17(2,3)15(20)7-6-11-12(9-16(21)22)14(19)10-13(11)18/h6-7,11-15,18-20H,4-5,8-10H2,1-3H3,(H,21,22)/t11-,12-,13-,14+,15+/m1/s1. The smallest absolute Gasteiger partial charge is 0.303 e. The highest BCUT2D eigenvalue weighted by atomic mass is 16.4. The van der Waals surface area contributed by atoms with Crippen LogP contribution in [-0.2, 0) is 4.79 Å². The number of carbonyl (C=O) groups is 1. The van der Waals surface area contributed by atoms with Crippen molar-refractivity contribution in [2.45, 2.75) is 71.2 Å². The Kier molecular flexibility index (Phi) is 7.03. The van der Waals surface area contributed by atoms with Crippen LogP contribution in [0.5, 0.6) is 0 Å². The molecule has 1 rings (SSSR count). The van der Waals surface area contributed by atoms with Crippen molar-refractivity contribution in [3.8, 4) is 0 Å². The molecule has 0 saturated heterocycles. The lowest BCUT2D eigenvalue weighted by Gasteiger charge is -2.29. The number of aliphatic hydroxyl groups is 3. The molecule has 4 N–H and O–H groups in total. The molecule has 1 saturated carbocycles. The molecule has 0 aromatic heterocycles. The van der Waals surface area contributed by atoms with E-state index in [0.717, 1.165) is 19.3 Å². The highest BCUT2D eigenvalue weighted by molar-refractivity contribution is 5.67. The summed E-state index contributed by atoms with van der Waals surface area (Å²) in [6, 6.07) is 0. The Labute approximate surface area is 132 Å². The van der Waals surface area contributed by atoms with Gasteiger partial charge in [-0.05, 0) is 11.8 Å². The minimum atomic E-state index is -0.986. The average Bonchev–Trinajstić information content (AvgIpc) is 2.68. The topological polar surface area (TPSA) is 98.0 Å². The summed E-state index contributed by atoms with van der Waals surface area (Å²) in [5.74, 6) is -1.92. The van der Waals surface area contributed by atoms with E-state index in [1.54, 1.807) is 12.2 Å². The van der Waals surface area contributed by atoms with Crippen LogP contribution in [0.2, 0.25) is 0 Å². The number of aliphatic carboxylic acids is 1. The second-order valence-electron chi connectivity index (χ2n) is 7.13. The lowest BCUT2D eigenvalue weighted by atomic mass is 9.80. The summed E-state index contributed by atoms with van der Waals surface area (Å²) in [6.45, 7) is 6.09. The predicted octanol–water partition coefficient (Wildman–Crippen LogP) is 1.95. The van der Waals surface area contributed by atoms with E-state index < -0.39 is 36.1 Å². The number of aliphatic hydroxyl groups excluding tert-OH is 3. The maximum Gasteiger partial charge on any atom is 0.303 e. The Morgan fingerprint density at radius 3 is 2.50 bits per heavy atom. The van der Waals surface area contributed by atoms with Crippen molar-refractivity contribution in [3.05, 3.63) is 12.2 Å². The fourth-order valence-electron chi connectivity index (χ4n) is 3.14. The quantitative estimate of drug-likeness (QED) is 0.513. The van der Waals surface area contributed by atoms with E-state index in [0.29, 0.717) is 0 Å². The van der Waals surface area contributed by atoms with Crippen molar-refractivity contribution < 1.29 is 25.2 Å². The van der Waals surface area contributed by atoms with Crippen molar-refractivity contribution in [2.75, 3.05) is 0 Å². The highest BCUT2D eigenvalue weighted by Crippen LogP contribution is 2.37. The van der Waals surface area contributed by atoms with Gasteiger partial charge in [-0.3, -0.25) is 4.79 Å². The summed E-state index contributed by atoms with van der Waals surface area (Å²) in [5.41, 5.74) is -0.267. The van der Waals surface area contributed by atoms with Crippen LogP contribution in [0.1, 0.15) is 52.9 Å². The summed E-state index contributed by atoms with van der Waals surface area (Å²) in [4.78, 5) is 10.9. The van der Waals surface area contributed by atoms with E-state index in [-0.39, 0.29) is 18.3 Å². The molecule has 0 amide bonds. The molecule has 0 radical (unpaired) electrons. The van der Waals surface area contributed by atoms with Crippen LogP contribution in [0, 0.1) is 17.3 Å². The van der Waals surface area contributed by atoms with Gasteiger partial charge in [0.05, 0.1) is 24.7 Å². The first-order chi connectivity index (χ1) is 10.2. The van der Waals surface area contributed by atoms with Crippen LogP contribution in [0.15, 0.2) is 12.2 Å². The van der Waals surface area contributed by atoms with Gasteiger partial charge < -0.3 is 20.4 Å². The van der Waals surface area contributed by atoms with Gasteiger partial charge in [-0.2, -0.15) is 0 Å². The lowest BCUT2D eigenvalue weighted by Crippen LogP contribution is -2.28. The minimum Gasteiger partial charge on any atom is -0.481 e. The van der Waals surface area contributed by atoms with Crippen molar-refractivity contribution in [2.24, 2.45) is 17.3 Å². The number of hydrogen-bond donors (Lipinski definition) is 4. The molecule has 5 atom stereocenters. The number of carboxylic acids is 1. The summed E-state index contributed by atoms with van der Waals surface area (Å²) >= 11 is 0. The second-order valence-corrected chi connectivity index (χ2v) is 7.13. The Morgan fingerprint density at radius 2 is 1.95 bits per heavy atom. The SMILES string of the molecule is CCCCC(C)(C)[C@@H](O)C=C[C@@H]1[C@@H](CC(=O)O)[C@@H](O)C[C@H]1O. The van der Waals surface area contributed by atoms with Gasteiger partial charge >= 0.3 is 5.97 Å². The van der Waals surface area contributed by atoms with Gasteiger partial charge in [0.25, 0.3) is 0 Å². The van der Waals surface area contributed by atoms with Crippen LogP contribution >= 0.6 is 0 Å². The number of hydrogen-bond acceptors (Lipinski definition) is 4. The van der Waals surface area contributed by atoms with Crippen molar-refractivity contribution in [3.63, 3.8) is 0 Å². The molecule has 5 nitrogen and oxygen atoms in total. The molecule has 0 aliphatic heterocycles. The van der Waals surface area contributed by atoms with E-state index in [1.807, 2.05) is 13.8 Å².